The first kappa shape index (κ1) is 11.5. The summed E-state index contributed by atoms with van der Waals surface area (Å²) in [6.45, 7) is 2.56. The first-order valence-corrected chi connectivity index (χ1v) is 5.48. The molecule has 0 radical (unpaired) electrons. The average molecular weight is 230 g/mol. The Morgan fingerprint density at radius 3 is 2.59 bits per heavy atom. The monoisotopic (exact) mass is 230 g/mol. The molecule has 1 aromatic carbocycles. The van der Waals surface area contributed by atoms with Crippen LogP contribution in [0.5, 0.6) is 5.75 Å². The summed E-state index contributed by atoms with van der Waals surface area (Å²) in [6, 6.07) is 7.31. The van der Waals surface area contributed by atoms with Crippen molar-refractivity contribution >= 4 is 0 Å². The van der Waals surface area contributed by atoms with Crippen LogP contribution < -0.4 is 4.74 Å². The molecule has 2 aromatic rings. The Hall–Kier alpha value is -1.94. The van der Waals surface area contributed by atoms with Gasteiger partial charge in [-0.2, -0.15) is 0 Å². The molecule has 1 N–H and O–H groups in total. The second kappa shape index (κ2) is 5.41. The zero-order chi connectivity index (χ0) is 12.1. The maximum Gasteiger partial charge on any atom is 0.123 e. The molecule has 0 saturated heterocycles. The molecule has 0 aliphatic heterocycles. The van der Waals surface area contributed by atoms with E-state index < -0.39 is 6.10 Å². The summed E-state index contributed by atoms with van der Waals surface area (Å²) in [5.74, 6) is 0.794. The molecule has 0 amide bonds. The van der Waals surface area contributed by atoms with Gasteiger partial charge in [0.1, 0.15) is 11.9 Å². The average Bonchev–Trinajstić information content (AvgIpc) is 2.40. The maximum absolute atomic E-state index is 10.1. The van der Waals surface area contributed by atoms with Gasteiger partial charge in [-0.3, -0.25) is 9.97 Å². The molecule has 88 valence electrons. The summed E-state index contributed by atoms with van der Waals surface area (Å²) in [4.78, 5) is 8.00. The zero-order valence-corrected chi connectivity index (χ0v) is 9.58. The van der Waals surface area contributed by atoms with Gasteiger partial charge >= 0.3 is 0 Å². The van der Waals surface area contributed by atoms with Gasteiger partial charge in [0.05, 0.1) is 18.5 Å². The van der Waals surface area contributed by atoms with Crippen molar-refractivity contribution in [3.05, 3.63) is 54.1 Å². The van der Waals surface area contributed by atoms with Crippen molar-refractivity contribution in [2.24, 2.45) is 0 Å². The fourth-order valence-electron chi connectivity index (χ4n) is 1.54. The van der Waals surface area contributed by atoms with Crippen LogP contribution >= 0.6 is 0 Å². The Morgan fingerprint density at radius 2 is 2.00 bits per heavy atom. The SMILES string of the molecule is CCOc1ccc(C(O)c2cnccn2)cc1. The van der Waals surface area contributed by atoms with E-state index in [-0.39, 0.29) is 0 Å². The van der Waals surface area contributed by atoms with Gasteiger partial charge in [-0.1, -0.05) is 12.1 Å². The Labute approximate surface area is 99.9 Å². The van der Waals surface area contributed by atoms with E-state index in [4.69, 9.17) is 4.74 Å². The predicted molar refractivity (Wildman–Crippen MR) is 63.7 cm³/mol. The van der Waals surface area contributed by atoms with Crippen molar-refractivity contribution in [2.75, 3.05) is 6.61 Å². The number of nitrogens with zero attached hydrogens (tertiary/aromatic N) is 2. The molecule has 0 fully saturated rings. The molecule has 0 spiro atoms. The largest absolute Gasteiger partial charge is 0.494 e. The smallest absolute Gasteiger partial charge is 0.123 e. The van der Waals surface area contributed by atoms with Gasteiger partial charge in [0.2, 0.25) is 0 Å². The van der Waals surface area contributed by atoms with E-state index in [1.165, 1.54) is 0 Å². The summed E-state index contributed by atoms with van der Waals surface area (Å²) in [6.07, 6.45) is 3.95. The molecular formula is C13H14N2O2. The second-order valence-corrected chi connectivity index (χ2v) is 3.53. The minimum absolute atomic E-state index is 0.539. The Bertz CT molecular complexity index is 457. The summed E-state index contributed by atoms with van der Waals surface area (Å²) >= 11 is 0. The molecule has 0 aliphatic carbocycles. The number of aliphatic hydroxyl groups excluding tert-OH is 1. The van der Waals surface area contributed by atoms with Crippen LogP contribution in [0, 0.1) is 0 Å². The van der Waals surface area contributed by atoms with Crippen LogP contribution in [-0.4, -0.2) is 21.7 Å². The molecule has 0 bridgehead atoms. The predicted octanol–water partition coefficient (Wildman–Crippen LogP) is 1.96. The van der Waals surface area contributed by atoms with Crippen LogP contribution in [0.1, 0.15) is 24.3 Å². The van der Waals surface area contributed by atoms with Crippen LogP contribution in [0.4, 0.5) is 0 Å². The lowest BCUT2D eigenvalue weighted by Gasteiger charge is -2.10. The third-order valence-electron chi connectivity index (χ3n) is 2.37. The molecule has 1 heterocycles. The quantitative estimate of drug-likeness (QED) is 0.872. The highest BCUT2D eigenvalue weighted by molar-refractivity contribution is 5.31. The van der Waals surface area contributed by atoms with Gasteiger partial charge in [0.15, 0.2) is 0 Å². The van der Waals surface area contributed by atoms with Gasteiger partial charge in [-0.05, 0) is 24.6 Å². The van der Waals surface area contributed by atoms with Gasteiger partial charge in [-0.25, -0.2) is 0 Å². The molecule has 17 heavy (non-hydrogen) atoms. The number of rotatable bonds is 4. The standard InChI is InChI=1S/C13H14N2O2/c1-2-17-11-5-3-10(4-6-11)13(16)12-9-14-7-8-15-12/h3-9,13,16H,2H2,1H3. The fraction of sp³-hybridized carbons (Fsp3) is 0.231. The molecule has 4 heteroatoms. The van der Waals surface area contributed by atoms with E-state index in [1.54, 1.807) is 18.6 Å². The minimum atomic E-state index is -0.751. The van der Waals surface area contributed by atoms with Gasteiger partial charge in [0, 0.05) is 12.4 Å². The van der Waals surface area contributed by atoms with E-state index in [2.05, 4.69) is 9.97 Å². The highest BCUT2D eigenvalue weighted by atomic mass is 16.5. The van der Waals surface area contributed by atoms with Crippen molar-refractivity contribution < 1.29 is 9.84 Å². The summed E-state index contributed by atoms with van der Waals surface area (Å²) in [5.41, 5.74) is 1.31. The molecule has 1 atom stereocenters. The summed E-state index contributed by atoms with van der Waals surface area (Å²) < 4.78 is 5.34. The summed E-state index contributed by atoms with van der Waals surface area (Å²) in [5, 5.41) is 10.1. The lowest BCUT2D eigenvalue weighted by molar-refractivity contribution is 0.214. The van der Waals surface area contributed by atoms with Gasteiger partial charge in [0.25, 0.3) is 0 Å². The molecule has 0 saturated carbocycles. The van der Waals surface area contributed by atoms with E-state index in [9.17, 15) is 5.11 Å². The topological polar surface area (TPSA) is 55.2 Å². The van der Waals surface area contributed by atoms with Gasteiger partial charge in [-0.15, -0.1) is 0 Å². The molecule has 1 unspecified atom stereocenters. The van der Waals surface area contributed by atoms with Crippen molar-refractivity contribution in [1.29, 1.82) is 0 Å². The Kier molecular flexibility index (Phi) is 3.67. The molecular weight excluding hydrogens is 216 g/mol. The molecule has 2 rings (SSSR count). The van der Waals surface area contributed by atoms with Crippen LogP contribution in [0.2, 0.25) is 0 Å². The van der Waals surface area contributed by atoms with Crippen molar-refractivity contribution in [2.45, 2.75) is 13.0 Å². The fourth-order valence-corrected chi connectivity index (χ4v) is 1.54. The molecule has 1 aromatic heterocycles. The lowest BCUT2D eigenvalue weighted by Crippen LogP contribution is -2.02. The zero-order valence-electron chi connectivity index (χ0n) is 9.58. The number of aromatic nitrogens is 2. The Morgan fingerprint density at radius 1 is 1.24 bits per heavy atom. The summed E-state index contributed by atoms with van der Waals surface area (Å²) in [7, 11) is 0. The van der Waals surface area contributed by atoms with E-state index >= 15 is 0 Å². The first-order valence-electron chi connectivity index (χ1n) is 5.48. The first-order chi connectivity index (χ1) is 8.31. The van der Waals surface area contributed by atoms with Gasteiger partial charge < -0.3 is 9.84 Å². The van der Waals surface area contributed by atoms with Crippen LogP contribution in [-0.2, 0) is 0 Å². The minimum Gasteiger partial charge on any atom is -0.494 e. The van der Waals surface area contributed by atoms with Crippen molar-refractivity contribution in [1.82, 2.24) is 9.97 Å². The number of hydrogen-bond acceptors (Lipinski definition) is 4. The second-order valence-electron chi connectivity index (χ2n) is 3.53. The normalized spacial score (nSPS) is 12.1. The third-order valence-corrected chi connectivity index (χ3v) is 2.37. The molecule has 0 aliphatic rings. The van der Waals surface area contributed by atoms with Crippen molar-refractivity contribution in [3.63, 3.8) is 0 Å². The molecule has 4 nitrogen and oxygen atoms in total. The van der Waals surface area contributed by atoms with E-state index in [0.29, 0.717) is 12.3 Å². The van der Waals surface area contributed by atoms with Crippen LogP contribution in [0.3, 0.4) is 0 Å². The third kappa shape index (κ3) is 2.79. The number of aliphatic hydroxyl groups is 1. The van der Waals surface area contributed by atoms with E-state index in [0.717, 1.165) is 11.3 Å². The van der Waals surface area contributed by atoms with Crippen molar-refractivity contribution in [3.8, 4) is 5.75 Å². The number of ether oxygens (including phenoxy) is 1. The van der Waals surface area contributed by atoms with Crippen LogP contribution in [0.15, 0.2) is 42.9 Å². The number of hydrogen-bond donors (Lipinski definition) is 1. The number of benzene rings is 1. The lowest BCUT2D eigenvalue weighted by atomic mass is 10.1. The Balaban J connectivity index is 2.17. The highest BCUT2D eigenvalue weighted by Gasteiger charge is 2.11. The maximum atomic E-state index is 10.1. The highest BCUT2D eigenvalue weighted by Crippen LogP contribution is 2.21. The van der Waals surface area contributed by atoms with Crippen LogP contribution in [0.25, 0.3) is 0 Å². The van der Waals surface area contributed by atoms with E-state index in [1.807, 2.05) is 31.2 Å².